The zero-order chi connectivity index (χ0) is 16.2. The van der Waals surface area contributed by atoms with E-state index >= 15 is 0 Å². The van der Waals surface area contributed by atoms with Crippen LogP contribution in [-0.4, -0.2) is 51.8 Å². The molecule has 2 aromatic rings. The summed E-state index contributed by atoms with van der Waals surface area (Å²) in [7, 11) is 1.90. The normalized spacial score (nSPS) is 19.0. The number of carbonyl (C=O) groups is 1. The topological polar surface area (TPSA) is 72.3 Å². The van der Waals surface area contributed by atoms with Crippen LogP contribution in [0.1, 0.15) is 22.4 Å². The molecule has 23 heavy (non-hydrogen) atoms. The molecule has 1 amide bonds. The maximum atomic E-state index is 12.2. The highest BCUT2D eigenvalue weighted by Gasteiger charge is 2.26. The van der Waals surface area contributed by atoms with Crippen molar-refractivity contribution >= 4 is 17.2 Å². The summed E-state index contributed by atoms with van der Waals surface area (Å²) in [5.41, 5.74) is 1.23. The number of nitrogens with one attached hydrogen (secondary N) is 1. The van der Waals surface area contributed by atoms with Gasteiger partial charge in [0.15, 0.2) is 5.82 Å². The molecule has 0 spiro atoms. The van der Waals surface area contributed by atoms with E-state index in [0.29, 0.717) is 26.2 Å². The highest BCUT2D eigenvalue weighted by Crippen LogP contribution is 2.19. The first-order valence-corrected chi connectivity index (χ1v) is 8.49. The predicted octanol–water partition coefficient (Wildman–Crippen LogP) is 0.875. The third-order valence-electron chi connectivity index (χ3n) is 3.97. The highest BCUT2D eigenvalue weighted by molar-refractivity contribution is 7.10. The van der Waals surface area contributed by atoms with Crippen molar-refractivity contribution in [2.75, 3.05) is 26.2 Å². The third-order valence-corrected chi connectivity index (χ3v) is 4.99. The van der Waals surface area contributed by atoms with Gasteiger partial charge >= 0.3 is 0 Å². The van der Waals surface area contributed by atoms with Crippen LogP contribution in [0.3, 0.4) is 0 Å². The summed E-state index contributed by atoms with van der Waals surface area (Å²) >= 11 is 1.67. The third kappa shape index (κ3) is 3.95. The number of morpholine rings is 1. The van der Waals surface area contributed by atoms with E-state index < -0.39 is 0 Å². The van der Waals surface area contributed by atoms with Gasteiger partial charge in [0.25, 0.3) is 0 Å². The van der Waals surface area contributed by atoms with Crippen LogP contribution in [0.5, 0.6) is 0 Å². The minimum absolute atomic E-state index is 0.0383. The predicted molar refractivity (Wildman–Crippen MR) is 87.0 cm³/mol. The van der Waals surface area contributed by atoms with Crippen molar-refractivity contribution in [3.8, 4) is 0 Å². The van der Waals surface area contributed by atoms with Gasteiger partial charge in [0, 0.05) is 25.0 Å². The zero-order valence-corrected chi connectivity index (χ0v) is 14.2. The van der Waals surface area contributed by atoms with Gasteiger partial charge in [-0.1, -0.05) is 0 Å². The molecule has 1 aliphatic rings. The molecule has 3 rings (SSSR count). The number of hydrogen-bond donors (Lipinski definition) is 1. The van der Waals surface area contributed by atoms with E-state index in [9.17, 15) is 4.79 Å². The summed E-state index contributed by atoms with van der Waals surface area (Å²) in [5, 5.41) is 13.0. The molecule has 7 nitrogen and oxygen atoms in total. The van der Waals surface area contributed by atoms with Gasteiger partial charge in [-0.25, -0.2) is 0 Å². The van der Waals surface area contributed by atoms with E-state index in [1.807, 2.05) is 17.0 Å². The molecule has 0 saturated carbocycles. The van der Waals surface area contributed by atoms with Crippen molar-refractivity contribution in [1.82, 2.24) is 25.0 Å². The Hall–Kier alpha value is -1.77. The Morgan fingerprint density at radius 2 is 2.43 bits per heavy atom. The molecule has 1 N–H and O–H groups in total. The summed E-state index contributed by atoms with van der Waals surface area (Å²) in [6.45, 7) is 5.03. The minimum atomic E-state index is -0.136. The van der Waals surface area contributed by atoms with Crippen LogP contribution in [0, 0.1) is 6.92 Å². The fourth-order valence-electron chi connectivity index (χ4n) is 2.61. The van der Waals surface area contributed by atoms with E-state index in [2.05, 4.69) is 33.4 Å². The lowest BCUT2D eigenvalue weighted by atomic mass is 10.2. The quantitative estimate of drug-likeness (QED) is 0.878. The number of hydrogen-bond acceptors (Lipinski definition) is 6. The molecule has 124 valence electrons. The molecule has 1 saturated heterocycles. The molecule has 1 fully saturated rings. The van der Waals surface area contributed by atoms with Gasteiger partial charge in [-0.05, 0) is 23.9 Å². The second-order valence-corrected chi connectivity index (χ2v) is 6.70. The van der Waals surface area contributed by atoms with Gasteiger partial charge < -0.3 is 14.6 Å². The number of carbonyl (C=O) groups excluding carboxylic acids is 1. The van der Waals surface area contributed by atoms with Crippen LogP contribution >= 0.6 is 11.3 Å². The highest BCUT2D eigenvalue weighted by atomic mass is 32.1. The van der Waals surface area contributed by atoms with E-state index in [0.717, 1.165) is 12.4 Å². The second kappa shape index (κ2) is 7.20. The lowest BCUT2D eigenvalue weighted by Crippen LogP contribution is -2.44. The Balaban J connectivity index is 1.50. The summed E-state index contributed by atoms with van der Waals surface area (Å²) in [5.74, 6) is 0.834. The van der Waals surface area contributed by atoms with Crippen LogP contribution < -0.4 is 5.32 Å². The van der Waals surface area contributed by atoms with Gasteiger partial charge in [0.05, 0.1) is 19.7 Å². The minimum Gasteiger partial charge on any atom is -0.368 e. The molecule has 8 heteroatoms. The molecular weight excluding hydrogens is 314 g/mol. The molecule has 0 bridgehead atoms. The second-order valence-electron chi connectivity index (χ2n) is 5.70. The number of rotatable bonds is 5. The van der Waals surface area contributed by atoms with Crippen LogP contribution in [0.25, 0.3) is 0 Å². The van der Waals surface area contributed by atoms with Gasteiger partial charge in [0.1, 0.15) is 12.4 Å². The Labute approximate surface area is 139 Å². The standard InChI is InChI=1S/C15H21N5O2S/c1-11-3-6-23-13(11)7-16-14(21)9-20-4-5-22-12(8-20)15-18-17-10-19(15)2/h3,6,10,12H,4-5,7-9H2,1-2H3,(H,16,21). The molecule has 0 aliphatic carbocycles. The van der Waals surface area contributed by atoms with Crippen molar-refractivity contribution < 1.29 is 9.53 Å². The van der Waals surface area contributed by atoms with Crippen molar-refractivity contribution in [3.05, 3.63) is 34.0 Å². The summed E-state index contributed by atoms with van der Waals surface area (Å²) in [6.07, 6.45) is 1.52. The Morgan fingerprint density at radius 3 is 3.13 bits per heavy atom. The van der Waals surface area contributed by atoms with Crippen LogP contribution in [-0.2, 0) is 23.1 Å². The van der Waals surface area contributed by atoms with Crippen LogP contribution in [0.15, 0.2) is 17.8 Å². The molecule has 1 atom stereocenters. The van der Waals surface area contributed by atoms with Crippen molar-refractivity contribution in [1.29, 1.82) is 0 Å². The first-order chi connectivity index (χ1) is 11.1. The molecule has 2 aromatic heterocycles. The lowest BCUT2D eigenvalue weighted by molar-refractivity contribution is -0.124. The van der Waals surface area contributed by atoms with Gasteiger partial charge in [-0.3, -0.25) is 9.69 Å². The monoisotopic (exact) mass is 335 g/mol. The van der Waals surface area contributed by atoms with Gasteiger partial charge in [0.2, 0.25) is 5.91 Å². The first kappa shape index (κ1) is 16.1. The first-order valence-electron chi connectivity index (χ1n) is 7.61. The fourth-order valence-corrected chi connectivity index (χ4v) is 3.45. The molecule has 0 radical (unpaired) electrons. The molecule has 1 unspecified atom stereocenters. The summed E-state index contributed by atoms with van der Waals surface area (Å²) in [4.78, 5) is 15.5. The number of thiophene rings is 1. The summed E-state index contributed by atoms with van der Waals surface area (Å²) < 4.78 is 7.61. The Morgan fingerprint density at radius 1 is 1.57 bits per heavy atom. The molecule has 0 aromatic carbocycles. The van der Waals surface area contributed by atoms with Gasteiger partial charge in [-0.15, -0.1) is 21.5 Å². The van der Waals surface area contributed by atoms with Crippen molar-refractivity contribution in [3.63, 3.8) is 0 Å². The number of aryl methyl sites for hydroxylation is 2. The average molecular weight is 335 g/mol. The SMILES string of the molecule is Cc1ccsc1CNC(=O)CN1CCOC(c2nncn2C)C1. The Bertz CT molecular complexity index is 668. The van der Waals surface area contributed by atoms with Crippen LogP contribution in [0.4, 0.5) is 0 Å². The molecule has 1 aliphatic heterocycles. The van der Waals surface area contributed by atoms with Crippen LogP contribution in [0.2, 0.25) is 0 Å². The van der Waals surface area contributed by atoms with Crippen molar-refractivity contribution in [2.24, 2.45) is 7.05 Å². The van der Waals surface area contributed by atoms with Gasteiger partial charge in [-0.2, -0.15) is 0 Å². The van der Waals surface area contributed by atoms with E-state index in [4.69, 9.17) is 4.74 Å². The van der Waals surface area contributed by atoms with E-state index in [1.54, 1.807) is 17.7 Å². The molecular formula is C15H21N5O2S. The number of ether oxygens (including phenoxy) is 1. The lowest BCUT2D eigenvalue weighted by Gasteiger charge is -2.31. The maximum absolute atomic E-state index is 12.2. The largest absolute Gasteiger partial charge is 0.368 e. The number of aromatic nitrogens is 3. The number of nitrogens with zero attached hydrogens (tertiary/aromatic N) is 4. The zero-order valence-electron chi connectivity index (χ0n) is 13.4. The Kier molecular flexibility index (Phi) is 5.04. The molecule has 3 heterocycles. The van der Waals surface area contributed by atoms with E-state index in [1.165, 1.54) is 10.4 Å². The smallest absolute Gasteiger partial charge is 0.234 e. The average Bonchev–Trinajstić information content (AvgIpc) is 3.14. The fraction of sp³-hybridized carbons (Fsp3) is 0.533. The number of amides is 1. The van der Waals surface area contributed by atoms with E-state index in [-0.39, 0.29) is 12.0 Å². The summed E-state index contributed by atoms with van der Waals surface area (Å²) in [6, 6.07) is 2.07. The maximum Gasteiger partial charge on any atom is 0.234 e. The van der Waals surface area contributed by atoms with Crippen molar-refractivity contribution in [2.45, 2.75) is 19.6 Å².